The summed E-state index contributed by atoms with van der Waals surface area (Å²) in [5.74, 6) is 0.979. The van der Waals surface area contributed by atoms with Crippen molar-refractivity contribution < 1.29 is 4.84 Å². The predicted octanol–water partition coefficient (Wildman–Crippen LogP) is 4.57. The van der Waals surface area contributed by atoms with Gasteiger partial charge < -0.3 is 10.2 Å². The van der Waals surface area contributed by atoms with Crippen LogP contribution < -0.4 is 5.32 Å². The van der Waals surface area contributed by atoms with Gasteiger partial charge in [0, 0.05) is 18.5 Å². The Hall–Kier alpha value is -3.40. The van der Waals surface area contributed by atoms with E-state index in [1.165, 1.54) is 11.1 Å². The van der Waals surface area contributed by atoms with Gasteiger partial charge in [-0.15, -0.1) is 0 Å². The first-order valence-electron chi connectivity index (χ1n) is 9.64. The van der Waals surface area contributed by atoms with Crippen LogP contribution in [-0.4, -0.2) is 24.6 Å². The van der Waals surface area contributed by atoms with Crippen LogP contribution in [0, 0.1) is 0 Å². The van der Waals surface area contributed by atoms with Crippen molar-refractivity contribution in [3.05, 3.63) is 95.6 Å². The van der Waals surface area contributed by atoms with Crippen LogP contribution in [-0.2, 0) is 4.84 Å². The van der Waals surface area contributed by atoms with E-state index in [1.54, 1.807) is 0 Å². The topological polar surface area (TPSA) is 46.0 Å². The van der Waals surface area contributed by atoms with Crippen molar-refractivity contribution in [2.24, 2.45) is 10.1 Å². The van der Waals surface area contributed by atoms with Crippen molar-refractivity contribution in [3.8, 4) is 11.1 Å². The normalized spacial score (nSPS) is 18.2. The van der Waals surface area contributed by atoms with Crippen molar-refractivity contribution in [2.45, 2.75) is 12.5 Å². The molecule has 0 aromatic heterocycles. The van der Waals surface area contributed by atoms with Gasteiger partial charge >= 0.3 is 0 Å². The largest absolute Gasteiger partial charge is 0.387 e. The summed E-state index contributed by atoms with van der Waals surface area (Å²) < 4.78 is 0. The molecule has 0 fully saturated rings. The van der Waals surface area contributed by atoms with Crippen molar-refractivity contribution in [1.29, 1.82) is 0 Å². The maximum absolute atomic E-state index is 5.73. The molecular weight excluding hydrogens is 346 g/mol. The molecule has 0 bridgehead atoms. The quantitative estimate of drug-likeness (QED) is 0.734. The summed E-state index contributed by atoms with van der Waals surface area (Å²) in [6, 6.07) is 27.4. The van der Waals surface area contributed by atoms with Gasteiger partial charge in [-0.2, -0.15) is 0 Å². The summed E-state index contributed by atoms with van der Waals surface area (Å²) in [5, 5.41) is 7.64. The molecule has 0 aliphatic carbocycles. The summed E-state index contributed by atoms with van der Waals surface area (Å²) in [6.45, 7) is 1.77. The fraction of sp³-hybridized carbons (Fsp3) is 0.167. The molecule has 28 heavy (non-hydrogen) atoms. The van der Waals surface area contributed by atoms with Crippen LogP contribution >= 0.6 is 0 Å². The SMILES string of the molecule is c1ccc(-c2ccc(C3CC(c4ccc(C5=NCCN5)cc4)=NO3)cc2)cc1. The molecule has 3 aromatic carbocycles. The van der Waals surface area contributed by atoms with E-state index >= 15 is 0 Å². The van der Waals surface area contributed by atoms with Gasteiger partial charge in [0.2, 0.25) is 0 Å². The minimum Gasteiger partial charge on any atom is -0.387 e. The van der Waals surface area contributed by atoms with Crippen LogP contribution in [0.1, 0.15) is 29.2 Å². The Labute approximate surface area is 164 Å². The smallest absolute Gasteiger partial charge is 0.158 e. The lowest BCUT2D eigenvalue weighted by molar-refractivity contribution is 0.0857. The monoisotopic (exact) mass is 367 g/mol. The van der Waals surface area contributed by atoms with E-state index < -0.39 is 0 Å². The van der Waals surface area contributed by atoms with Crippen molar-refractivity contribution in [1.82, 2.24) is 5.32 Å². The molecule has 4 heteroatoms. The van der Waals surface area contributed by atoms with E-state index in [0.29, 0.717) is 0 Å². The number of hydrogen-bond acceptors (Lipinski definition) is 4. The zero-order chi connectivity index (χ0) is 18.8. The highest BCUT2D eigenvalue weighted by molar-refractivity contribution is 6.03. The Balaban J connectivity index is 1.27. The number of oxime groups is 1. The standard InChI is InChI=1S/C24H21N3O/c1-2-4-17(5-3-1)18-6-10-20(11-7-18)23-16-22(27-28-23)19-8-12-21(13-9-19)24-25-14-15-26-24/h1-13,23H,14-16H2,(H,25,26). The Bertz CT molecular complexity index is 1020. The number of rotatable bonds is 4. The van der Waals surface area contributed by atoms with E-state index in [0.717, 1.165) is 47.7 Å². The minimum atomic E-state index is -0.0274. The lowest BCUT2D eigenvalue weighted by atomic mass is 9.97. The third-order valence-corrected chi connectivity index (χ3v) is 5.22. The average molecular weight is 367 g/mol. The molecule has 1 N–H and O–H groups in total. The van der Waals surface area contributed by atoms with Gasteiger partial charge in [0.1, 0.15) is 5.84 Å². The molecule has 1 unspecified atom stereocenters. The number of aliphatic imine (C=N–C) groups is 1. The van der Waals surface area contributed by atoms with E-state index in [4.69, 9.17) is 4.84 Å². The van der Waals surface area contributed by atoms with E-state index in [-0.39, 0.29) is 6.10 Å². The van der Waals surface area contributed by atoms with Gasteiger partial charge in [0.25, 0.3) is 0 Å². The molecule has 0 radical (unpaired) electrons. The van der Waals surface area contributed by atoms with Gasteiger partial charge in [-0.25, -0.2) is 0 Å². The lowest BCUT2D eigenvalue weighted by Crippen LogP contribution is -2.19. The van der Waals surface area contributed by atoms with E-state index in [2.05, 4.69) is 88.3 Å². The molecule has 0 saturated carbocycles. The van der Waals surface area contributed by atoms with Crippen LogP contribution in [0.15, 0.2) is 89.0 Å². The Morgan fingerprint density at radius 3 is 2.14 bits per heavy atom. The van der Waals surface area contributed by atoms with Gasteiger partial charge in [0.15, 0.2) is 6.10 Å². The number of nitrogens with zero attached hydrogens (tertiary/aromatic N) is 2. The fourth-order valence-corrected chi connectivity index (χ4v) is 3.66. The van der Waals surface area contributed by atoms with Crippen LogP contribution in [0.5, 0.6) is 0 Å². The third kappa shape index (κ3) is 3.29. The van der Waals surface area contributed by atoms with Crippen LogP contribution in [0.25, 0.3) is 11.1 Å². The molecule has 4 nitrogen and oxygen atoms in total. The molecule has 0 spiro atoms. The average Bonchev–Trinajstić information content (AvgIpc) is 3.47. The number of hydrogen-bond donors (Lipinski definition) is 1. The lowest BCUT2D eigenvalue weighted by Gasteiger charge is -2.10. The molecule has 138 valence electrons. The third-order valence-electron chi connectivity index (χ3n) is 5.22. The summed E-state index contributed by atoms with van der Waals surface area (Å²) in [5.41, 5.74) is 6.80. The Morgan fingerprint density at radius 2 is 1.43 bits per heavy atom. The Kier molecular flexibility index (Phi) is 4.37. The molecule has 3 aromatic rings. The maximum atomic E-state index is 5.73. The highest BCUT2D eigenvalue weighted by Crippen LogP contribution is 2.31. The number of nitrogens with one attached hydrogen (secondary N) is 1. The number of benzene rings is 3. The van der Waals surface area contributed by atoms with Crippen molar-refractivity contribution >= 4 is 11.5 Å². The van der Waals surface area contributed by atoms with Crippen LogP contribution in [0.2, 0.25) is 0 Å². The first-order valence-corrected chi connectivity index (χ1v) is 9.64. The fourth-order valence-electron chi connectivity index (χ4n) is 3.66. The van der Waals surface area contributed by atoms with E-state index in [1.807, 2.05) is 6.07 Å². The van der Waals surface area contributed by atoms with Gasteiger partial charge in [0.05, 0.1) is 12.3 Å². The predicted molar refractivity (Wildman–Crippen MR) is 113 cm³/mol. The first kappa shape index (κ1) is 16.8. The van der Waals surface area contributed by atoms with Crippen molar-refractivity contribution in [2.75, 3.05) is 13.1 Å². The second-order valence-corrected chi connectivity index (χ2v) is 7.06. The van der Waals surface area contributed by atoms with Gasteiger partial charge in [-0.3, -0.25) is 4.99 Å². The second kappa shape index (κ2) is 7.31. The van der Waals surface area contributed by atoms with E-state index in [9.17, 15) is 0 Å². The molecule has 2 heterocycles. The highest BCUT2D eigenvalue weighted by atomic mass is 16.6. The molecule has 0 amide bonds. The molecule has 0 saturated heterocycles. The molecule has 1 atom stereocenters. The van der Waals surface area contributed by atoms with Crippen LogP contribution in [0.4, 0.5) is 0 Å². The Morgan fingerprint density at radius 1 is 0.750 bits per heavy atom. The minimum absolute atomic E-state index is 0.0274. The van der Waals surface area contributed by atoms with Crippen LogP contribution in [0.3, 0.4) is 0 Å². The summed E-state index contributed by atoms with van der Waals surface area (Å²) in [7, 11) is 0. The summed E-state index contributed by atoms with van der Waals surface area (Å²) in [6.07, 6.45) is 0.754. The highest BCUT2D eigenvalue weighted by Gasteiger charge is 2.24. The zero-order valence-corrected chi connectivity index (χ0v) is 15.5. The van der Waals surface area contributed by atoms with Gasteiger partial charge in [-0.05, 0) is 22.3 Å². The summed E-state index contributed by atoms with van der Waals surface area (Å²) >= 11 is 0. The maximum Gasteiger partial charge on any atom is 0.158 e. The molecular formula is C24H21N3O. The number of amidine groups is 1. The molecule has 2 aliphatic rings. The van der Waals surface area contributed by atoms with Gasteiger partial charge in [-0.1, -0.05) is 84.0 Å². The molecule has 5 rings (SSSR count). The zero-order valence-electron chi connectivity index (χ0n) is 15.5. The summed E-state index contributed by atoms with van der Waals surface area (Å²) in [4.78, 5) is 10.2. The molecule has 2 aliphatic heterocycles. The second-order valence-electron chi connectivity index (χ2n) is 7.06. The first-order chi connectivity index (χ1) is 13.9. The van der Waals surface area contributed by atoms with Crippen molar-refractivity contribution in [3.63, 3.8) is 0 Å².